The van der Waals surface area contributed by atoms with Crippen LogP contribution in [-0.4, -0.2) is 10.1 Å². The second-order valence-corrected chi connectivity index (χ2v) is 3.31. The molecule has 0 spiro atoms. The number of aliphatic hydroxyl groups is 1. The van der Waals surface area contributed by atoms with Gasteiger partial charge >= 0.3 is 0 Å². The van der Waals surface area contributed by atoms with E-state index >= 15 is 0 Å². The third-order valence-electron chi connectivity index (χ3n) is 2.00. The lowest BCUT2D eigenvalue weighted by Gasteiger charge is -2.03. The maximum absolute atomic E-state index is 12.9. The van der Waals surface area contributed by atoms with Gasteiger partial charge in [0.05, 0.1) is 12.1 Å². The second kappa shape index (κ2) is 3.52. The summed E-state index contributed by atoms with van der Waals surface area (Å²) in [6, 6.07) is 5.72. The maximum Gasteiger partial charge on any atom is 0.130 e. The fourth-order valence-corrected chi connectivity index (χ4v) is 1.59. The highest BCUT2D eigenvalue weighted by molar-refractivity contribution is 6.29. The quantitative estimate of drug-likeness (QED) is 0.736. The van der Waals surface area contributed by atoms with Crippen molar-refractivity contribution >= 4 is 22.5 Å². The normalized spacial score (nSPS) is 10.8. The number of pyridine rings is 1. The number of halogens is 2. The van der Waals surface area contributed by atoms with Crippen molar-refractivity contribution in [2.24, 2.45) is 0 Å². The third-order valence-corrected chi connectivity index (χ3v) is 2.19. The van der Waals surface area contributed by atoms with E-state index in [9.17, 15) is 4.39 Å². The molecule has 2 aromatic rings. The highest BCUT2D eigenvalue weighted by Gasteiger charge is 2.04. The number of hydrogen-bond acceptors (Lipinski definition) is 2. The van der Waals surface area contributed by atoms with E-state index in [2.05, 4.69) is 4.98 Å². The van der Waals surface area contributed by atoms with Crippen LogP contribution in [0.2, 0.25) is 5.15 Å². The second-order valence-electron chi connectivity index (χ2n) is 2.92. The van der Waals surface area contributed by atoms with Gasteiger partial charge in [-0.05, 0) is 29.8 Å². The molecule has 2 nitrogen and oxygen atoms in total. The molecule has 0 aliphatic carbocycles. The van der Waals surface area contributed by atoms with Crippen LogP contribution in [-0.2, 0) is 6.61 Å². The van der Waals surface area contributed by atoms with Crippen LogP contribution < -0.4 is 0 Å². The molecule has 14 heavy (non-hydrogen) atoms. The van der Waals surface area contributed by atoms with Gasteiger partial charge in [0, 0.05) is 5.39 Å². The number of aliphatic hydroxyl groups excluding tert-OH is 1. The standard InChI is InChI=1S/C10H7ClFNO/c11-10-3-6(5-14)8-4-7(12)1-2-9(8)13-10/h1-4,14H,5H2. The lowest BCUT2D eigenvalue weighted by molar-refractivity contribution is 0.283. The monoisotopic (exact) mass is 211 g/mol. The third kappa shape index (κ3) is 1.56. The van der Waals surface area contributed by atoms with Crippen molar-refractivity contribution in [3.63, 3.8) is 0 Å². The Morgan fingerprint density at radius 3 is 2.86 bits per heavy atom. The van der Waals surface area contributed by atoms with Crippen LogP contribution >= 0.6 is 11.6 Å². The Bertz CT molecular complexity index is 487. The van der Waals surface area contributed by atoms with E-state index < -0.39 is 0 Å². The van der Waals surface area contributed by atoms with E-state index in [4.69, 9.17) is 16.7 Å². The van der Waals surface area contributed by atoms with Crippen molar-refractivity contribution in [2.75, 3.05) is 0 Å². The predicted molar refractivity (Wildman–Crippen MR) is 52.6 cm³/mol. The van der Waals surface area contributed by atoms with Crippen LogP contribution in [0.3, 0.4) is 0 Å². The summed E-state index contributed by atoms with van der Waals surface area (Å²) in [6.07, 6.45) is 0. The van der Waals surface area contributed by atoms with Crippen LogP contribution in [0.4, 0.5) is 4.39 Å². The number of benzene rings is 1. The van der Waals surface area contributed by atoms with Gasteiger partial charge in [0.1, 0.15) is 11.0 Å². The number of hydrogen-bond donors (Lipinski definition) is 1. The number of nitrogens with zero attached hydrogens (tertiary/aromatic N) is 1. The average Bonchev–Trinajstić information content (AvgIpc) is 2.17. The van der Waals surface area contributed by atoms with Crippen molar-refractivity contribution in [1.82, 2.24) is 4.98 Å². The zero-order valence-electron chi connectivity index (χ0n) is 7.17. The smallest absolute Gasteiger partial charge is 0.130 e. The van der Waals surface area contributed by atoms with Gasteiger partial charge in [-0.2, -0.15) is 0 Å². The van der Waals surface area contributed by atoms with Gasteiger partial charge in [-0.3, -0.25) is 0 Å². The first-order chi connectivity index (χ1) is 6.70. The summed E-state index contributed by atoms with van der Waals surface area (Å²) in [4.78, 5) is 4.01. The first kappa shape index (κ1) is 9.37. The largest absolute Gasteiger partial charge is 0.392 e. The van der Waals surface area contributed by atoms with Crippen LogP contribution in [0.1, 0.15) is 5.56 Å². The predicted octanol–water partition coefficient (Wildman–Crippen LogP) is 2.52. The first-order valence-corrected chi connectivity index (χ1v) is 4.44. The summed E-state index contributed by atoms with van der Waals surface area (Å²) < 4.78 is 12.9. The van der Waals surface area contributed by atoms with Crippen molar-refractivity contribution in [3.05, 3.63) is 40.8 Å². The fourth-order valence-electron chi connectivity index (χ4n) is 1.36. The van der Waals surface area contributed by atoms with Crippen LogP contribution in [0.25, 0.3) is 10.9 Å². The van der Waals surface area contributed by atoms with Gasteiger partial charge in [0.2, 0.25) is 0 Å². The van der Waals surface area contributed by atoms with Crippen molar-refractivity contribution < 1.29 is 9.50 Å². The van der Waals surface area contributed by atoms with Gasteiger partial charge < -0.3 is 5.11 Å². The van der Waals surface area contributed by atoms with E-state index in [1.165, 1.54) is 24.3 Å². The van der Waals surface area contributed by atoms with Gasteiger partial charge in [0.15, 0.2) is 0 Å². The van der Waals surface area contributed by atoms with E-state index in [-0.39, 0.29) is 12.4 Å². The molecule has 0 unspecified atom stereocenters. The maximum atomic E-state index is 12.9. The molecule has 1 heterocycles. The Balaban J connectivity index is 2.81. The zero-order chi connectivity index (χ0) is 10.1. The molecule has 0 aliphatic rings. The molecule has 1 aromatic carbocycles. The fraction of sp³-hybridized carbons (Fsp3) is 0.100. The average molecular weight is 212 g/mol. The Morgan fingerprint density at radius 2 is 2.14 bits per heavy atom. The van der Waals surface area contributed by atoms with Crippen molar-refractivity contribution in [2.45, 2.75) is 6.61 Å². The summed E-state index contributed by atoms with van der Waals surface area (Å²) in [5, 5.41) is 9.94. The Hall–Kier alpha value is -1.19. The summed E-state index contributed by atoms with van der Waals surface area (Å²) in [5.74, 6) is -0.351. The molecule has 72 valence electrons. The van der Waals surface area contributed by atoms with Gasteiger partial charge in [-0.15, -0.1) is 0 Å². The van der Waals surface area contributed by atoms with Crippen LogP contribution in [0, 0.1) is 5.82 Å². The highest BCUT2D eigenvalue weighted by Crippen LogP contribution is 2.21. The molecule has 0 radical (unpaired) electrons. The van der Waals surface area contributed by atoms with Gasteiger partial charge in [0.25, 0.3) is 0 Å². The molecule has 2 rings (SSSR count). The van der Waals surface area contributed by atoms with Crippen molar-refractivity contribution in [3.8, 4) is 0 Å². The minimum atomic E-state index is -0.351. The van der Waals surface area contributed by atoms with Crippen molar-refractivity contribution in [1.29, 1.82) is 0 Å². The number of aromatic nitrogens is 1. The van der Waals surface area contributed by atoms with Gasteiger partial charge in [-0.25, -0.2) is 9.37 Å². The molecule has 0 saturated carbocycles. The number of fused-ring (bicyclic) bond motifs is 1. The molecule has 1 N–H and O–H groups in total. The zero-order valence-corrected chi connectivity index (χ0v) is 7.92. The van der Waals surface area contributed by atoms with Crippen LogP contribution in [0.5, 0.6) is 0 Å². The minimum Gasteiger partial charge on any atom is -0.392 e. The summed E-state index contributed by atoms with van der Waals surface area (Å²) in [6.45, 7) is -0.178. The number of rotatable bonds is 1. The Morgan fingerprint density at radius 1 is 1.36 bits per heavy atom. The molecule has 0 amide bonds. The SMILES string of the molecule is OCc1cc(Cl)nc2ccc(F)cc12. The molecule has 0 saturated heterocycles. The minimum absolute atomic E-state index is 0.178. The molecule has 0 atom stereocenters. The Labute approximate surface area is 85.0 Å². The van der Waals surface area contributed by atoms with Gasteiger partial charge in [-0.1, -0.05) is 11.6 Å². The first-order valence-electron chi connectivity index (χ1n) is 4.06. The lowest BCUT2D eigenvalue weighted by atomic mass is 10.1. The molecular formula is C10H7ClFNO. The molecule has 0 aliphatic heterocycles. The van der Waals surface area contributed by atoms with E-state index in [1.54, 1.807) is 0 Å². The Kier molecular flexibility index (Phi) is 2.35. The molecule has 4 heteroatoms. The molecule has 0 bridgehead atoms. The molecule has 1 aromatic heterocycles. The topological polar surface area (TPSA) is 33.1 Å². The van der Waals surface area contributed by atoms with E-state index in [0.29, 0.717) is 21.6 Å². The van der Waals surface area contributed by atoms with E-state index in [0.717, 1.165) is 0 Å². The summed E-state index contributed by atoms with van der Waals surface area (Å²) in [5.41, 5.74) is 1.17. The molecular weight excluding hydrogens is 205 g/mol. The summed E-state index contributed by atoms with van der Waals surface area (Å²) in [7, 11) is 0. The highest BCUT2D eigenvalue weighted by atomic mass is 35.5. The lowest BCUT2D eigenvalue weighted by Crippen LogP contribution is -1.90. The molecule has 0 fully saturated rings. The summed E-state index contributed by atoms with van der Waals surface area (Å²) >= 11 is 5.73. The van der Waals surface area contributed by atoms with E-state index in [1.807, 2.05) is 0 Å². The van der Waals surface area contributed by atoms with Crippen LogP contribution in [0.15, 0.2) is 24.3 Å².